The SMILES string of the molecule is CCN(c1cccc(C)c1)c1ncnc(Nc2ccncc2)c1N. The summed E-state index contributed by atoms with van der Waals surface area (Å²) in [4.78, 5) is 14.7. The molecule has 0 spiro atoms. The number of nitrogens with one attached hydrogen (secondary N) is 1. The standard InChI is InChI=1S/C18H20N6/c1-3-24(15-6-4-5-13(2)11-15)18-16(19)17(21-12-22-18)23-14-7-9-20-10-8-14/h4-12H,3,19H2,1-2H3,(H,20,21,22,23). The minimum atomic E-state index is 0.512. The van der Waals surface area contributed by atoms with Gasteiger partial charge in [-0.3, -0.25) is 4.98 Å². The van der Waals surface area contributed by atoms with Gasteiger partial charge in [0.15, 0.2) is 11.6 Å². The van der Waals surface area contributed by atoms with Crippen LogP contribution < -0.4 is 16.0 Å². The van der Waals surface area contributed by atoms with Gasteiger partial charge in [0.2, 0.25) is 0 Å². The Morgan fingerprint density at radius 2 is 1.92 bits per heavy atom. The van der Waals surface area contributed by atoms with E-state index in [0.717, 1.165) is 17.9 Å². The normalized spacial score (nSPS) is 10.4. The molecule has 0 aliphatic heterocycles. The number of hydrogen-bond acceptors (Lipinski definition) is 6. The lowest BCUT2D eigenvalue weighted by molar-refractivity contribution is 0.979. The highest BCUT2D eigenvalue weighted by Crippen LogP contribution is 2.32. The van der Waals surface area contributed by atoms with E-state index in [1.54, 1.807) is 12.4 Å². The first-order valence-corrected chi connectivity index (χ1v) is 7.80. The van der Waals surface area contributed by atoms with Gasteiger partial charge in [0.1, 0.15) is 12.0 Å². The van der Waals surface area contributed by atoms with Gasteiger partial charge < -0.3 is 16.0 Å². The highest BCUT2D eigenvalue weighted by atomic mass is 15.2. The zero-order chi connectivity index (χ0) is 16.9. The molecule has 0 aliphatic carbocycles. The fourth-order valence-electron chi connectivity index (χ4n) is 2.52. The van der Waals surface area contributed by atoms with Crippen molar-refractivity contribution in [1.29, 1.82) is 0 Å². The second-order valence-electron chi connectivity index (χ2n) is 5.40. The van der Waals surface area contributed by atoms with Gasteiger partial charge in [-0.1, -0.05) is 12.1 Å². The molecule has 6 heteroatoms. The van der Waals surface area contributed by atoms with Crippen molar-refractivity contribution in [1.82, 2.24) is 15.0 Å². The number of hydrogen-bond donors (Lipinski definition) is 2. The van der Waals surface area contributed by atoms with Gasteiger partial charge in [-0.25, -0.2) is 9.97 Å². The summed E-state index contributed by atoms with van der Waals surface area (Å²) in [5.74, 6) is 1.27. The van der Waals surface area contributed by atoms with Gasteiger partial charge in [-0.15, -0.1) is 0 Å². The maximum absolute atomic E-state index is 6.34. The first kappa shape index (κ1) is 15.7. The van der Waals surface area contributed by atoms with E-state index >= 15 is 0 Å². The van der Waals surface area contributed by atoms with Crippen molar-refractivity contribution < 1.29 is 0 Å². The number of benzene rings is 1. The quantitative estimate of drug-likeness (QED) is 0.747. The summed E-state index contributed by atoms with van der Waals surface area (Å²) in [5.41, 5.74) is 9.97. The van der Waals surface area contributed by atoms with E-state index in [-0.39, 0.29) is 0 Å². The Kier molecular flexibility index (Phi) is 4.56. The predicted molar refractivity (Wildman–Crippen MR) is 97.8 cm³/mol. The lowest BCUT2D eigenvalue weighted by atomic mass is 10.2. The third-order valence-corrected chi connectivity index (χ3v) is 3.69. The summed E-state index contributed by atoms with van der Waals surface area (Å²) in [5, 5.41) is 3.21. The van der Waals surface area contributed by atoms with Gasteiger partial charge in [0.05, 0.1) is 0 Å². The van der Waals surface area contributed by atoms with Crippen LogP contribution >= 0.6 is 0 Å². The molecule has 24 heavy (non-hydrogen) atoms. The molecule has 0 aliphatic rings. The number of nitrogens with zero attached hydrogens (tertiary/aromatic N) is 4. The molecule has 3 aromatic rings. The maximum Gasteiger partial charge on any atom is 0.161 e. The third kappa shape index (κ3) is 3.27. The van der Waals surface area contributed by atoms with Crippen LogP contribution in [0.3, 0.4) is 0 Å². The van der Waals surface area contributed by atoms with Gasteiger partial charge >= 0.3 is 0 Å². The zero-order valence-electron chi connectivity index (χ0n) is 13.8. The van der Waals surface area contributed by atoms with Crippen LogP contribution in [0.25, 0.3) is 0 Å². The van der Waals surface area contributed by atoms with Crippen LogP contribution in [0.4, 0.5) is 28.7 Å². The largest absolute Gasteiger partial charge is 0.393 e. The second kappa shape index (κ2) is 6.95. The lowest BCUT2D eigenvalue weighted by Gasteiger charge is -2.24. The molecule has 2 aromatic heterocycles. The predicted octanol–water partition coefficient (Wildman–Crippen LogP) is 3.66. The molecule has 0 saturated carbocycles. The second-order valence-corrected chi connectivity index (χ2v) is 5.40. The lowest BCUT2D eigenvalue weighted by Crippen LogP contribution is -2.20. The number of rotatable bonds is 5. The molecule has 122 valence electrons. The van der Waals surface area contributed by atoms with E-state index < -0.39 is 0 Å². The van der Waals surface area contributed by atoms with Gasteiger partial charge in [-0.05, 0) is 43.7 Å². The van der Waals surface area contributed by atoms with Gasteiger partial charge in [0, 0.05) is 30.3 Å². The fourth-order valence-corrected chi connectivity index (χ4v) is 2.52. The summed E-state index contributed by atoms with van der Waals surface area (Å²) < 4.78 is 0. The minimum absolute atomic E-state index is 0.512. The van der Waals surface area contributed by atoms with Crippen molar-refractivity contribution in [3.63, 3.8) is 0 Å². The van der Waals surface area contributed by atoms with Crippen molar-refractivity contribution in [2.75, 3.05) is 22.5 Å². The smallest absolute Gasteiger partial charge is 0.161 e. The molecule has 0 fully saturated rings. The van der Waals surface area contributed by atoms with Crippen LogP contribution in [-0.2, 0) is 0 Å². The molecule has 0 amide bonds. The number of aryl methyl sites for hydroxylation is 1. The van der Waals surface area contributed by atoms with Crippen LogP contribution in [-0.4, -0.2) is 21.5 Å². The molecule has 0 bridgehead atoms. The van der Waals surface area contributed by atoms with E-state index in [1.165, 1.54) is 11.9 Å². The minimum Gasteiger partial charge on any atom is -0.393 e. The number of nitrogen functional groups attached to an aromatic ring is 1. The summed E-state index contributed by atoms with van der Waals surface area (Å²) >= 11 is 0. The van der Waals surface area contributed by atoms with E-state index in [1.807, 2.05) is 24.3 Å². The van der Waals surface area contributed by atoms with Crippen LogP contribution in [0.2, 0.25) is 0 Å². The van der Waals surface area contributed by atoms with Crippen LogP contribution in [0, 0.1) is 6.92 Å². The molecular formula is C18H20N6. The van der Waals surface area contributed by atoms with Crippen molar-refractivity contribution in [3.8, 4) is 0 Å². The summed E-state index contributed by atoms with van der Waals surface area (Å²) in [6.07, 6.45) is 4.95. The Balaban J connectivity index is 1.97. The monoisotopic (exact) mass is 320 g/mol. The molecule has 6 nitrogen and oxygen atoms in total. The van der Waals surface area contributed by atoms with Crippen LogP contribution in [0.5, 0.6) is 0 Å². The Morgan fingerprint density at radius 3 is 2.62 bits per heavy atom. The van der Waals surface area contributed by atoms with E-state index in [9.17, 15) is 0 Å². The average molecular weight is 320 g/mol. The van der Waals surface area contributed by atoms with Crippen LogP contribution in [0.15, 0.2) is 55.1 Å². The third-order valence-electron chi connectivity index (χ3n) is 3.69. The Bertz CT molecular complexity index is 819. The number of aromatic nitrogens is 3. The van der Waals surface area contributed by atoms with E-state index in [4.69, 9.17) is 5.73 Å². The average Bonchev–Trinajstić information content (AvgIpc) is 2.60. The highest BCUT2D eigenvalue weighted by Gasteiger charge is 2.16. The molecule has 1 aromatic carbocycles. The molecule has 0 unspecified atom stereocenters. The number of pyridine rings is 1. The molecule has 0 atom stereocenters. The van der Waals surface area contributed by atoms with Gasteiger partial charge in [0.25, 0.3) is 0 Å². The van der Waals surface area contributed by atoms with Gasteiger partial charge in [-0.2, -0.15) is 0 Å². The molecular weight excluding hydrogens is 300 g/mol. The highest BCUT2D eigenvalue weighted by molar-refractivity contribution is 5.81. The maximum atomic E-state index is 6.34. The molecule has 0 saturated heterocycles. The molecule has 2 heterocycles. The van der Waals surface area contributed by atoms with E-state index in [0.29, 0.717) is 17.3 Å². The van der Waals surface area contributed by atoms with Crippen LogP contribution in [0.1, 0.15) is 12.5 Å². The Morgan fingerprint density at radius 1 is 1.12 bits per heavy atom. The molecule has 0 radical (unpaired) electrons. The van der Waals surface area contributed by atoms with E-state index in [2.05, 4.69) is 51.1 Å². The topological polar surface area (TPSA) is 80.0 Å². The first-order chi connectivity index (χ1) is 11.7. The molecule has 3 rings (SSSR count). The first-order valence-electron chi connectivity index (χ1n) is 7.80. The van der Waals surface area contributed by atoms with Crippen molar-refractivity contribution in [2.24, 2.45) is 0 Å². The van der Waals surface area contributed by atoms with Crippen molar-refractivity contribution in [2.45, 2.75) is 13.8 Å². The Hall–Kier alpha value is -3.15. The van der Waals surface area contributed by atoms with Crippen molar-refractivity contribution >= 4 is 28.7 Å². The fraction of sp³-hybridized carbons (Fsp3) is 0.167. The summed E-state index contributed by atoms with van der Waals surface area (Å²) in [6.45, 7) is 4.89. The van der Waals surface area contributed by atoms with Crippen molar-refractivity contribution in [3.05, 3.63) is 60.7 Å². The number of anilines is 5. The molecule has 3 N–H and O–H groups in total. The number of nitrogens with two attached hydrogens (primary N) is 1. The summed E-state index contributed by atoms with van der Waals surface area (Å²) in [7, 11) is 0. The zero-order valence-corrected chi connectivity index (χ0v) is 13.8. The summed E-state index contributed by atoms with van der Waals surface area (Å²) in [6, 6.07) is 12.0. The Labute approximate surface area is 141 Å².